The number of ether oxygens (including phenoxy) is 2. The number of halogens is 1. The summed E-state index contributed by atoms with van der Waals surface area (Å²) in [5, 5.41) is 2.94. The minimum Gasteiger partial charge on any atom is -0.496 e. The number of rotatable bonds is 4. The molecule has 0 spiro atoms. The number of anilines is 1. The first-order valence-corrected chi connectivity index (χ1v) is 7.85. The van der Waals surface area contributed by atoms with Crippen molar-refractivity contribution in [3.8, 4) is 11.5 Å². The molecule has 0 saturated carbocycles. The van der Waals surface area contributed by atoms with Gasteiger partial charge >= 0.3 is 0 Å². The molecule has 2 aromatic carbocycles. The second-order valence-electron chi connectivity index (χ2n) is 4.91. The molecule has 0 aromatic heterocycles. The SMILES string of the molecule is COc1cccc(OC)c1C(=O)Nc1cc(C)c(I)cc1C. The summed E-state index contributed by atoms with van der Waals surface area (Å²) in [7, 11) is 3.07. The monoisotopic (exact) mass is 411 g/mol. The molecule has 0 heterocycles. The Morgan fingerprint density at radius 3 is 2.18 bits per heavy atom. The lowest BCUT2D eigenvalue weighted by atomic mass is 10.1. The predicted molar refractivity (Wildman–Crippen MR) is 96.1 cm³/mol. The smallest absolute Gasteiger partial charge is 0.263 e. The van der Waals surface area contributed by atoms with Crippen LogP contribution in [0.15, 0.2) is 30.3 Å². The Kier molecular flexibility index (Phi) is 5.28. The summed E-state index contributed by atoms with van der Waals surface area (Å²) >= 11 is 2.28. The van der Waals surface area contributed by atoms with Gasteiger partial charge in [-0.1, -0.05) is 6.07 Å². The molecule has 0 atom stereocenters. The molecule has 2 aromatic rings. The molecule has 4 nitrogen and oxygen atoms in total. The van der Waals surface area contributed by atoms with Crippen LogP contribution >= 0.6 is 22.6 Å². The van der Waals surface area contributed by atoms with Crippen LogP contribution in [0.2, 0.25) is 0 Å². The normalized spacial score (nSPS) is 10.2. The summed E-state index contributed by atoms with van der Waals surface area (Å²) < 4.78 is 11.7. The van der Waals surface area contributed by atoms with Crippen molar-refractivity contribution in [2.75, 3.05) is 19.5 Å². The number of carbonyl (C=O) groups excluding carboxylic acids is 1. The van der Waals surface area contributed by atoms with Crippen molar-refractivity contribution in [2.24, 2.45) is 0 Å². The van der Waals surface area contributed by atoms with Crippen molar-refractivity contribution in [2.45, 2.75) is 13.8 Å². The second-order valence-corrected chi connectivity index (χ2v) is 6.07. The van der Waals surface area contributed by atoms with Gasteiger partial charge in [0.1, 0.15) is 17.1 Å². The Morgan fingerprint density at radius 2 is 1.64 bits per heavy atom. The van der Waals surface area contributed by atoms with Crippen molar-refractivity contribution < 1.29 is 14.3 Å². The van der Waals surface area contributed by atoms with Crippen LogP contribution in [-0.2, 0) is 0 Å². The molecular weight excluding hydrogens is 393 g/mol. The van der Waals surface area contributed by atoms with E-state index in [0.29, 0.717) is 17.1 Å². The predicted octanol–water partition coefficient (Wildman–Crippen LogP) is 4.18. The first-order valence-electron chi connectivity index (χ1n) is 6.77. The third-order valence-corrected chi connectivity index (χ3v) is 4.57. The van der Waals surface area contributed by atoms with Crippen molar-refractivity contribution >= 4 is 34.2 Å². The zero-order chi connectivity index (χ0) is 16.3. The Morgan fingerprint density at radius 1 is 1.05 bits per heavy atom. The van der Waals surface area contributed by atoms with E-state index in [2.05, 4.69) is 27.9 Å². The first kappa shape index (κ1) is 16.6. The summed E-state index contributed by atoms with van der Waals surface area (Å²) in [6, 6.07) is 9.28. The van der Waals surface area contributed by atoms with E-state index in [0.717, 1.165) is 16.8 Å². The molecule has 0 aliphatic rings. The Bertz CT molecular complexity index is 691. The third kappa shape index (κ3) is 3.35. The lowest BCUT2D eigenvalue weighted by molar-refractivity contribution is 0.102. The number of carbonyl (C=O) groups is 1. The Hall–Kier alpha value is -1.76. The molecule has 0 aliphatic carbocycles. The highest BCUT2D eigenvalue weighted by molar-refractivity contribution is 14.1. The van der Waals surface area contributed by atoms with E-state index in [1.807, 2.05) is 26.0 Å². The van der Waals surface area contributed by atoms with Crippen LogP contribution < -0.4 is 14.8 Å². The third-order valence-electron chi connectivity index (χ3n) is 3.41. The van der Waals surface area contributed by atoms with Gasteiger partial charge in [0, 0.05) is 9.26 Å². The molecule has 0 saturated heterocycles. The number of benzene rings is 2. The van der Waals surface area contributed by atoms with Crippen LogP contribution in [0.5, 0.6) is 11.5 Å². The highest BCUT2D eigenvalue weighted by Gasteiger charge is 2.19. The Balaban J connectivity index is 2.40. The average Bonchev–Trinajstić information content (AvgIpc) is 2.51. The summed E-state index contributed by atoms with van der Waals surface area (Å²) in [4.78, 5) is 12.6. The van der Waals surface area contributed by atoms with Gasteiger partial charge in [-0.3, -0.25) is 4.79 Å². The van der Waals surface area contributed by atoms with E-state index < -0.39 is 0 Å². The molecule has 0 fully saturated rings. The van der Waals surface area contributed by atoms with E-state index in [9.17, 15) is 4.79 Å². The van der Waals surface area contributed by atoms with Crippen LogP contribution in [0.4, 0.5) is 5.69 Å². The molecule has 1 N–H and O–H groups in total. The van der Waals surface area contributed by atoms with Gasteiger partial charge in [-0.2, -0.15) is 0 Å². The van der Waals surface area contributed by atoms with Gasteiger partial charge in [0.25, 0.3) is 5.91 Å². The van der Waals surface area contributed by atoms with Crippen LogP contribution in [-0.4, -0.2) is 20.1 Å². The van der Waals surface area contributed by atoms with Crippen molar-refractivity contribution in [1.82, 2.24) is 0 Å². The van der Waals surface area contributed by atoms with Crippen LogP contribution in [0.25, 0.3) is 0 Å². The van der Waals surface area contributed by atoms with Gasteiger partial charge < -0.3 is 14.8 Å². The highest BCUT2D eigenvalue weighted by Crippen LogP contribution is 2.30. The highest BCUT2D eigenvalue weighted by atomic mass is 127. The maximum Gasteiger partial charge on any atom is 0.263 e. The van der Waals surface area contributed by atoms with E-state index in [1.165, 1.54) is 17.8 Å². The molecule has 22 heavy (non-hydrogen) atoms. The van der Waals surface area contributed by atoms with Gasteiger partial charge in [0.05, 0.1) is 14.2 Å². The number of methoxy groups -OCH3 is 2. The standard InChI is InChI=1S/C17H18INO3/c1-10-9-13(11(2)8-12(10)18)19-17(20)16-14(21-3)6-5-7-15(16)22-4/h5-9H,1-4H3,(H,19,20). The minimum absolute atomic E-state index is 0.252. The number of amides is 1. The van der Waals surface area contributed by atoms with Gasteiger partial charge in [-0.15, -0.1) is 0 Å². The first-order chi connectivity index (χ1) is 10.5. The summed E-state index contributed by atoms with van der Waals surface area (Å²) in [5.74, 6) is 0.714. The van der Waals surface area contributed by atoms with E-state index in [4.69, 9.17) is 9.47 Å². The summed E-state index contributed by atoms with van der Waals surface area (Å²) in [6.07, 6.45) is 0. The second kappa shape index (κ2) is 7.00. The van der Waals surface area contributed by atoms with Crippen molar-refractivity contribution in [3.05, 3.63) is 50.6 Å². The number of nitrogens with one attached hydrogen (secondary N) is 1. The fourth-order valence-corrected chi connectivity index (χ4v) is 2.80. The lowest BCUT2D eigenvalue weighted by Gasteiger charge is -2.15. The van der Waals surface area contributed by atoms with Gasteiger partial charge in [-0.25, -0.2) is 0 Å². The molecule has 116 valence electrons. The molecule has 2 rings (SSSR count). The van der Waals surface area contributed by atoms with Gasteiger partial charge in [0.2, 0.25) is 0 Å². The largest absolute Gasteiger partial charge is 0.496 e. The van der Waals surface area contributed by atoms with Crippen LogP contribution in [0.1, 0.15) is 21.5 Å². The molecule has 0 unspecified atom stereocenters. The minimum atomic E-state index is -0.252. The van der Waals surface area contributed by atoms with E-state index in [-0.39, 0.29) is 5.91 Å². The quantitative estimate of drug-likeness (QED) is 0.769. The number of hydrogen-bond donors (Lipinski definition) is 1. The Labute approximate surface area is 144 Å². The summed E-state index contributed by atoms with van der Waals surface area (Å²) in [5.41, 5.74) is 3.31. The number of aryl methyl sites for hydroxylation is 2. The van der Waals surface area contributed by atoms with Crippen molar-refractivity contribution in [1.29, 1.82) is 0 Å². The topological polar surface area (TPSA) is 47.6 Å². The molecule has 1 amide bonds. The summed E-state index contributed by atoms with van der Waals surface area (Å²) in [6.45, 7) is 3.98. The maximum atomic E-state index is 12.6. The zero-order valence-electron chi connectivity index (χ0n) is 13.0. The number of hydrogen-bond acceptors (Lipinski definition) is 3. The molecule has 0 radical (unpaired) electrons. The lowest BCUT2D eigenvalue weighted by Crippen LogP contribution is -2.15. The zero-order valence-corrected chi connectivity index (χ0v) is 15.1. The molecular formula is C17H18INO3. The van der Waals surface area contributed by atoms with Crippen LogP contribution in [0.3, 0.4) is 0 Å². The molecule has 5 heteroatoms. The van der Waals surface area contributed by atoms with E-state index >= 15 is 0 Å². The van der Waals surface area contributed by atoms with Crippen LogP contribution in [0, 0.1) is 17.4 Å². The van der Waals surface area contributed by atoms with Gasteiger partial charge in [0.15, 0.2) is 0 Å². The van der Waals surface area contributed by atoms with E-state index in [1.54, 1.807) is 18.2 Å². The maximum absolute atomic E-state index is 12.6. The molecule has 0 bridgehead atoms. The van der Waals surface area contributed by atoms with Gasteiger partial charge in [-0.05, 0) is 71.8 Å². The average molecular weight is 411 g/mol. The molecule has 0 aliphatic heterocycles. The fraction of sp³-hybridized carbons (Fsp3) is 0.235. The van der Waals surface area contributed by atoms with Crippen molar-refractivity contribution in [3.63, 3.8) is 0 Å². The fourth-order valence-electron chi connectivity index (χ4n) is 2.18.